The molecule has 1 aromatic carbocycles. The van der Waals surface area contributed by atoms with Crippen LogP contribution in [0.25, 0.3) is 0 Å². The van der Waals surface area contributed by atoms with Gasteiger partial charge in [-0.25, -0.2) is 0 Å². The van der Waals surface area contributed by atoms with Crippen molar-refractivity contribution in [3.8, 4) is 0 Å². The second kappa shape index (κ2) is 8.50. The van der Waals surface area contributed by atoms with Gasteiger partial charge >= 0.3 is 0 Å². The predicted molar refractivity (Wildman–Crippen MR) is 98.1 cm³/mol. The molecule has 1 aliphatic rings. The standard InChI is InChI=1S/C17H24ClN3OS/c1-11-4-3-5-15(12(11)2)19-17(23)21-20-16(22)10-13-6-8-14(18)9-7-13/h6-9,11-12,15H,3-5,10H2,1-2H3,(H,20,22)(H2,19,21,23)/t11-,12+,15+/m0/s1. The minimum absolute atomic E-state index is 0.137. The van der Waals surface area contributed by atoms with Crippen LogP contribution in [0, 0.1) is 11.8 Å². The highest BCUT2D eigenvalue weighted by atomic mass is 35.5. The van der Waals surface area contributed by atoms with Gasteiger partial charge < -0.3 is 5.32 Å². The fraction of sp³-hybridized carbons (Fsp3) is 0.529. The Kier molecular flexibility index (Phi) is 6.66. The molecule has 1 aliphatic carbocycles. The molecule has 1 aromatic rings. The lowest BCUT2D eigenvalue weighted by atomic mass is 9.78. The van der Waals surface area contributed by atoms with Gasteiger partial charge in [0.15, 0.2) is 5.11 Å². The van der Waals surface area contributed by atoms with Crippen LogP contribution in [0.1, 0.15) is 38.7 Å². The summed E-state index contributed by atoms with van der Waals surface area (Å²) in [5.74, 6) is 1.14. The highest BCUT2D eigenvalue weighted by Gasteiger charge is 2.27. The Morgan fingerprint density at radius 3 is 2.61 bits per heavy atom. The van der Waals surface area contributed by atoms with Crippen LogP contribution in [0.15, 0.2) is 24.3 Å². The molecule has 0 saturated heterocycles. The van der Waals surface area contributed by atoms with Gasteiger partial charge in [-0.15, -0.1) is 0 Å². The molecule has 0 unspecified atom stereocenters. The van der Waals surface area contributed by atoms with Crippen LogP contribution >= 0.6 is 23.8 Å². The largest absolute Gasteiger partial charge is 0.358 e. The molecule has 0 aromatic heterocycles. The summed E-state index contributed by atoms with van der Waals surface area (Å²) < 4.78 is 0. The number of hydrogen-bond donors (Lipinski definition) is 3. The average Bonchev–Trinajstić information content (AvgIpc) is 2.52. The van der Waals surface area contributed by atoms with Gasteiger partial charge in [0.25, 0.3) is 0 Å². The Hall–Kier alpha value is -1.33. The fourth-order valence-corrected chi connectivity index (χ4v) is 3.28. The van der Waals surface area contributed by atoms with E-state index in [2.05, 4.69) is 30.0 Å². The molecule has 126 valence electrons. The normalized spacial score (nSPS) is 23.9. The van der Waals surface area contributed by atoms with Gasteiger partial charge in [-0.3, -0.25) is 15.6 Å². The molecule has 6 heteroatoms. The van der Waals surface area contributed by atoms with Gasteiger partial charge in [0.05, 0.1) is 6.42 Å². The van der Waals surface area contributed by atoms with E-state index in [1.54, 1.807) is 12.1 Å². The maximum Gasteiger partial charge on any atom is 0.242 e. The van der Waals surface area contributed by atoms with Crippen LogP contribution in [-0.4, -0.2) is 17.1 Å². The number of halogens is 1. The summed E-state index contributed by atoms with van der Waals surface area (Å²) in [7, 11) is 0. The molecule has 23 heavy (non-hydrogen) atoms. The molecule has 3 atom stereocenters. The molecule has 0 aliphatic heterocycles. The van der Waals surface area contributed by atoms with Crippen LogP contribution in [0.3, 0.4) is 0 Å². The number of carbonyl (C=O) groups is 1. The van der Waals surface area contributed by atoms with Crippen molar-refractivity contribution in [1.82, 2.24) is 16.2 Å². The van der Waals surface area contributed by atoms with E-state index in [9.17, 15) is 4.79 Å². The molecule has 3 N–H and O–H groups in total. The third-order valence-corrected chi connectivity index (χ3v) is 5.09. The summed E-state index contributed by atoms with van der Waals surface area (Å²) in [5, 5.41) is 4.45. The zero-order valence-electron chi connectivity index (χ0n) is 13.6. The first-order chi connectivity index (χ1) is 11.0. The molecule has 1 saturated carbocycles. The van der Waals surface area contributed by atoms with Gasteiger partial charge in [-0.2, -0.15) is 0 Å². The van der Waals surface area contributed by atoms with Gasteiger partial charge in [0.2, 0.25) is 5.91 Å². The van der Waals surface area contributed by atoms with Crippen molar-refractivity contribution >= 4 is 34.8 Å². The van der Waals surface area contributed by atoms with Crippen LogP contribution in [0.5, 0.6) is 0 Å². The summed E-state index contributed by atoms with van der Waals surface area (Å²) in [4.78, 5) is 11.9. The molecule has 4 nitrogen and oxygen atoms in total. The average molecular weight is 354 g/mol. The third kappa shape index (κ3) is 5.66. The quantitative estimate of drug-likeness (QED) is 0.577. The van der Waals surface area contributed by atoms with Crippen LogP contribution in [-0.2, 0) is 11.2 Å². The van der Waals surface area contributed by atoms with Gasteiger partial charge in [0.1, 0.15) is 0 Å². The number of carbonyl (C=O) groups excluding carboxylic acids is 1. The topological polar surface area (TPSA) is 53.2 Å². The maximum atomic E-state index is 11.9. The van der Waals surface area contributed by atoms with Crippen molar-refractivity contribution in [2.45, 2.75) is 45.6 Å². The summed E-state index contributed by atoms with van der Waals surface area (Å²) in [5.41, 5.74) is 6.33. The number of nitrogens with one attached hydrogen (secondary N) is 3. The van der Waals surface area contributed by atoms with E-state index < -0.39 is 0 Å². The smallest absolute Gasteiger partial charge is 0.242 e. The van der Waals surface area contributed by atoms with Gasteiger partial charge in [-0.05, 0) is 48.2 Å². The van der Waals surface area contributed by atoms with E-state index in [1.807, 2.05) is 12.1 Å². The Labute approximate surface area is 148 Å². The van der Waals surface area contributed by atoms with Crippen molar-refractivity contribution in [2.24, 2.45) is 11.8 Å². The lowest BCUT2D eigenvalue weighted by Gasteiger charge is -2.35. The monoisotopic (exact) mass is 353 g/mol. The molecule has 0 spiro atoms. The summed E-state index contributed by atoms with van der Waals surface area (Å²) in [6, 6.07) is 7.59. The molecular formula is C17H24ClN3OS. The Morgan fingerprint density at radius 1 is 1.22 bits per heavy atom. The Morgan fingerprint density at radius 2 is 1.91 bits per heavy atom. The van der Waals surface area contributed by atoms with Crippen molar-refractivity contribution < 1.29 is 4.79 Å². The lowest BCUT2D eigenvalue weighted by molar-refractivity contribution is -0.121. The molecule has 1 fully saturated rings. The predicted octanol–water partition coefficient (Wildman–Crippen LogP) is 3.20. The number of amides is 1. The lowest BCUT2D eigenvalue weighted by Crippen LogP contribution is -2.52. The van der Waals surface area contributed by atoms with E-state index >= 15 is 0 Å². The van der Waals surface area contributed by atoms with Crippen LogP contribution < -0.4 is 16.2 Å². The number of hydrogen-bond acceptors (Lipinski definition) is 2. The summed E-state index contributed by atoms with van der Waals surface area (Å²) in [6.45, 7) is 4.53. The Balaban J connectivity index is 1.73. The summed E-state index contributed by atoms with van der Waals surface area (Å²) >= 11 is 11.1. The van der Waals surface area contributed by atoms with E-state index in [0.717, 1.165) is 12.0 Å². The molecule has 0 heterocycles. The SMILES string of the molecule is C[C@@H]1[C@@H](C)CCC[C@H]1NC(=S)NNC(=O)Cc1ccc(Cl)cc1. The molecule has 2 rings (SSSR count). The van der Waals surface area contributed by atoms with Crippen LogP contribution in [0.4, 0.5) is 0 Å². The highest BCUT2D eigenvalue weighted by molar-refractivity contribution is 7.80. The number of hydrazine groups is 1. The van der Waals surface area contributed by atoms with E-state index in [-0.39, 0.29) is 12.3 Å². The second-order valence-corrected chi connectivity index (χ2v) is 7.17. The first kappa shape index (κ1) is 18.0. The maximum absolute atomic E-state index is 11.9. The third-order valence-electron chi connectivity index (χ3n) is 4.62. The number of rotatable bonds is 3. The van der Waals surface area contributed by atoms with Crippen LogP contribution in [0.2, 0.25) is 5.02 Å². The molecule has 0 bridgehead atoms. The first-order valence-electron chi connectivity index (χ1n) is 8.05. The fourth-order valence-electron chi connectivity index (χ4n) is 2.95. The van der Waals surface area contributed by atoms with Crippen molar-refractivity contribution in [3.63, 3.8) is 0 Å². The molecule has 1 amide bonds. The van der Waals surface area contributed by atoms with Crippen molar-refractivity contribution in [3.05, 3.63) is 34.9 Å². The van der Waals surface area contributed by atoms with E-state index in [4.69, 9.17) is 23.8 Å². The number of thiocarbonyl (C=S) groups is 1. The minimum Gasteiger partial charge on any atom is -0.358 e. The minimum atomic E-state index is -0.137. The van der Waals surface area contributed by atoms with Gasteiger partial charge in [-0.1, -0.05) is 50.4 Å². The zero-order valence-corrected chi connectivity index (χ0v) is 15.1. The highest BCUT2D eigenvalue weighted by Crippen LogP contribution is 2.29. The van der Waals surface area contributed by atoms with Crippen molar-refractivity contribution in [1.29, 1.82) is 0 Å². The summed E-state index contributed by atoms with van der Waals surface area (Å²) in [6.07, 6.45) is 3.89. The Bertz CT molecular complexity index is 549. The van der Waals surface area contributed by atoms with Crippen molar-refractivity contribution in [2.75, 3.05) is 0 Å². The first-order valence-corrected chi connectivity index (χ1v) is 8.84. The molecule has 0 radical (unpaired) electrons. The van der Waals surface area contributed by atoms with Gasteiger partial charge in [0, 0.05) is 11.1 Å². The number of benzene rings is 1. The van der Waals surface area contributed by atoms with E-state index in [0.29, 0.717) is 28.0 Å². The zero-order chi connectivity index (χ0) is 16.8. The van der Waals surface area contributed by atoms with E-state index in [1.165, 1.54) is 12.8 Å². The molecular weight excluding hydrogens is 330 g/mol. The second-order valence-electron chi connectivity index (χ2n) is 6.32.